The van der Waals surface area contributed by atoms with Crippen molar-refractivity contribution in [2.24, 2.45) is 0 Å². The van der Waals surface area contributed by atoms with Gasteiger partial charge in [-0.05, 0) is 13.5 Å². The average molecular weight is 317 g/mol. The molecule has 118 valence electrons. The SMILES string of the molecule is CCCOc1cc(NCCS(=O)(=O)NC)cc([N+](=O)[O-])c1. The third-order valence-electron chi connectivity index (χ3n) is 2.59. The van der Waals surface area contributed by atoms with E-state index in [9.17, 15) is 18.5 Å². The minimum atomic E-state index is -3.32. The van der Waals surface area contributed by atoms with Crippen molar-refractivity contribution in [1.29, 1.82) is 0 Å². The smallest absolute Gasteiger partial charge is 0.275 e. The lowest BCUT2D eigenvalue weighted by Gasteiger charge is -2.10. The maximum Gasteiger partial charge on any atom is 0.275 e. The van der Waals surface area contributed by atoms with Crippen molar-refractivity contribution in [1.82, 2.24) is 4.72 Å². The van der Waals surface area contributed by atoms with Crippen LogP contribution < -0.4 is 14.8 Å². The molecule has 0 aliphatic carbocycles. The third-order valence-corrected chi connectivity index (χ3v) is 3.95. The van der Waals surface area contributed by atoms with Crippen LogP contribution in [0.5, 0.6) is 5.75 Å². The number of nitrogens with one attached hydrogen (secondary N) is 2. The lowest BCUT2D eigenvalue weighted by molar-refractivity contribution is -0.384. The number of sulfonamides is 1. The summed E-state index contributed by atoms with van der Waals surface area (Å²) in [6.07, 6.45) is 0.784. The first-order valence-corrected chi connectivity index (χ1v) is 8.10. The molecule has 0 atom stereocenters. The highest BCUT2D eigenvalue weighted by Crippen LogP contribution is 2.26. The molecule has 0 radical (unpaired) electrons. The number of nitro groups is 1. The van der Waals surface area contributed by atoms with Crippen LogP contribution in [0.25, 0.3) is 0 Å². The van der Waals surface area contributed by atoms with Gasteiger partial charge in [0.05, 0.1) is 23.3 Å². The molecule has 0 aliphatic rings. The van der Waals surface area contributed by atoms with Gasteiger partial charge in [0.25, 0.3) is 5.69 Å². The minimum Gasteiger partial charge on any atom is -0.493 e. The highest BCUT2D eigenvalue weighted by Gasteiger charge is 2.12. The topological polar surface area (TPSA) is 111 Å². The van der Waals surface area contributed by atoms with Crippen LogP contribution in [-0.4, -0.2) is 39.3 Å². The van der Waals surface area contributed by atoms with E-state index in [0.717, 1.165) is 6.42 Å². The molecule has 0 amide bonds. The summed E-state index contributed by atoms with van der Waals surface area (Å²) in [4.78, 5) is 10.4. The Hall–Kier alpha value is -1.87. The molecule has 1 aromatic rings. The van der Waals surface area contributed by atoms with Crippen molar-refractivity contribution < 1.29 is 18.1 Å². The Kier molecular flexibility index (Phi) is 6.38. The molecule has 0 fully saturated rings. The Labute approximate surface area is 123 Å². The lowest BCUT2D eigenvalue weighted by atomic mass is 10.2. The number of nitro benzene ring substituents is 1. The van der Waals surface area contributed by atoms with Gasteiger partial charge >= 0.3 is 0 Å². The van der Waals surface area contributed by atoms with Crippen molar-refractivity contribution in [3.63, 3.8) is 0 Å². The minimum absolute atomic E-state index is 0.109. The fourth-order valence-corrected chi connectivity index (χ4v) is 2.10. The molecule has 9 heteroatoms. The lowest BCUT2D eigenvalue weighted by Crippen LogP contribution is -2.26. The van der Waals surface area contributed by atoms with Crippen LogP contribution in [-0.2, 0) is 10.0 Å². The Morgan fingerprint density at radius 1 is 1.33 bits per heavy atom. The summed E-state index contributed by atoms with van der Waals surface area (Å²) in [7, 11) is -1.99. The molecule has 0 saturated carbocycles. The standard InChI is InChI=1S/C12H19N3O5S/c1-3-5-20-12-8-10(7-11(9-12)15(16)17)14-4-6-21(18,19)13-2/h7-9,13-14H,3-6H2,1-2H3. The van der Waals surface area contributed by atoms with E-state index in [-0.39, 0.29) is 18.0 Å². The van der Waals surface area contributed by atoms with Crippen LogP contribution in [0.4, 0.5) is 11.4 Å². The van der Waals surface area contributed by atoms with Crippen molar-refractivity contribution in [2.45, 2.75) is 13.3 Å². The van der Waals surface area contributed by atoms with Crippen LogP contribution in [0.1, 0.15) is 13.3 Å². The Morgan fingerprint density at radius 3 is 2.62 bits per heavy atom. The van der Waals surface area contributed by atoms with Crippen LogP contribution in [0.2, 0.25) is 0 Å². The third kappa shape index (κ3) is 5.96. The van der Waals surface area contributed by atoms with Crippen LogP contribution in [0.15, 0.2) is 18.2 Å². The van der Waals surface area contributed by atoms with Gasteiger partial charge in [0.2, 0.25) is 10.0 Å². The van der Waals surface area contributed by atoms with E-state index in [1.165, 1.54) is 19.2 Å². The molecule has 2 N–H and O–H groups in total. The number of rotatable bonds is 9. The first kappa shape index (κ1) is 17.2. The maximum atomic E-state index is 11.3. The molecule has 1 rings (SSSR count). The zero-order valence-electron chi connectivity index (χ0n) is 12.0. The summed E-state index contributed by atoms with van der Waals surface area (Å²) in [5.74, 6) is 0.252. The van der Waals surface area contributed by atoms with Crippen LogP contribution >= 0.6 is 0 Å². The number of non-ortho nitro benzene ring substituents is 1. The van der Waals surface area contributed by atoms with Gasteiger partial charge in [-0.3, -0.25) is 10.1 Å². The summed E-state index contributed by atoms with van der Waals surface area (Å²) in [5.41, 5.74) is 0.337. The second kappa shape index (κ2) is 7.79. The highest BCUT2D eigenvalue weighted by atomic mass is 32.2. The number of benzene rings is 1. The first-order valence-electron chi connectivity index (χ1n) is 6.45. The number of nitrogens with zero attached hydrogens (tertiary/aromatic N) is 1. The monoisotopic (exact) mass is 317 g/mol. The summed E-state index contributed by atoms with van der Waals surface area (Å²) >= 11 is 0. The van der Waals surface area contributed by atoms with Gasteiger partial charge in [0.1, 0.15) is 5.75 Å². The van der Waals surface area contributed by atoms with Gasteiger partial charge in [-0.1, -0.05) is 6.92 Å². The van der Waals surface area contributed by atoms with E-state index in [0.29, 0.717) is 18.0 Å². The van der Waals surface area contributed by atoms with E-state index in [1.54, 1.807) is 6.07 Å². The largest absolute Gasteiger partial charge is 0.493 e. The highest BCUT2D eigenvalue weighted by molar-refractivity contribution is 7.89. The van der Waals surface area contributed by atoms with Gasteiger partial charge in [-0.2, -0.15) is 0 Å². The first-order chi connectivity index (χ1) is 9.88. The maximum absolute atomic E-state index is 11.3. The van der Waals surface area contributed by atoms with Crippen LogP contribution in [0, 0.1) is 10.1 Å². The van der Waals surface area contributed by atoms with E-state index >= 15 is 0 Å². The van der Waals surface area contributed by atoms with Crippen molar-refractivity contribution in [3.8, 4) is 5.75 Å². The van der Waals surface area contributed by atoms with E-state index < -0.39 is 14.9 Å². The van der Waals surface area contributed by atoms with Crippen LogP contribution in [0.3, 0.4) is 0 Å². The molecular weight excluding hydrogens is 298 g/mol. The molecule has 0 spiro atoms. The molecule has 0 heterocycles. The molecule has 8 nitrogen and oxygen atoms in total. The predicted octanol–water partition coefficient (Wildman–Crippen LogP) is 1.34. The number of hydrogen-bond acceptors (Lipinski definition) is 6. The zero-order valence-corrected chi connectivity index (χ0v) is 12.8. The van der Waals surface area contributed by atoms with Gasteiger partial charge in [0, 0.05) is 24.4 Å². The predicted molar refractivity (Wildman–Crippen MR) is 80.2 cm³/mol. The summed E-state index contributed by atoms with van der Waals surface area (Å²) in [6.45, 7) is 2.52. The van der Waals surface area contributed by atoms with E-state index in [2.05, 4.69) is 10.0 Å². The number of anilines is 1. The second-order valence-corrected chi connectivity index (χ2v) is 6.32. The fraction of sp³-hybridized carbons (Fsp3) is 0.500. The van der Waals surface area contributed by atoms with Crippen molar-refractivity contribution in [2.75, 3.05) is 31.3 Å². The molecule has 0 aliphatic heterocycles. The molecular formula is C12H19N3O5S. The average Bonchev–Trinajstić information content (AvgIpc) is 2.44. The Balaban J connectivity index is 2.80. The molecule has 21 heavy (non-hydrogen) atoms. The van der Waals surface area contributed by atoms with Crippen molar-refractivity contribution >= 4 is 21.4 Å². The normalized spacial score (nSPS) is 11.1. The molecule has 1 aromatic carbocycles. The summed E-state index contributed by atoms with van der Waals surface area (Å²) < 4.78 is 30.2. The van der Waals surface area contributed by atoms with Gasteiger partial charge in [-0.15, -0.1) is 0 Å². The summed E-state index contributed by atoms with van der Waals surface area (Å²) in [5, 5.41) is 13.7. The Bertz CT molecular complexity index is 589. The Morgan fingerprint density at radius 2 is 2.05 bits per heavy atom. The van der Waals surface area contributed by atoms with Gasteiger partial charge < -0.3 is 10.1 Å². The van der Waals surface area contributed by atoms with Gasteiger partial charge in [0.15, 0.2) is 0 Å². The molecule has 0 aromatic heterocycles. The number of ether oxygens (including phenoxy) is 1. The quantitative estimate of drug-likeness (QED) is 0.525. The zero-order chi connectivity index (χ0) is 15.9. The van der Waals surface area contributed by atoms with E-state index in [1.807, 2.05) is 6.92 Å². The molecule has 0 unspecified atom stereocenters. The fourth-order valence-electron chi connectivity index (χ4n) is 1.53. The van der Waals surface area contributed by atoms with E-state index in [4.69, 9.17) is 4.74 Å². The molecule has 0 bridgehead atoms. The second-order valence-electron chi connectivity index (χ2n) is 4.27. The molecule has 0 saturated heterocycles. The van der Waals surface area contributed by atoms with Gasteiger partial charge in [-0.25, -0.2) is 13.1 Å². The van der Waals surface area contributed by atoms with Crippen molar-refractivity contribution in [3.05, 3.63) is 28.3 Å². The summed E-state index contributed by atoms with van der Waals surface area (Å²) in [6, 6.07) is 4.28. The number of hydrogen-bond donors (Lipinski definition) is 2.